The number of H-pyrrole nitrogens is 1. The topological polar surface area (TPSA) is 88.0 Å². The highest BCUT2D eigenvalue weighted by atomic mass is 16.2. The molecule has 0 aromatic carbocycles. The molecule has 1 aromatic rings. The second kappa shape index (κ2) is 3.51. The highest BCUT2D eigenvalue weighted by molar-refractivity contribution is 5.88. The van der Waals surface area contributed by atoms with Crippen LogP contribution in [0.2, 0.25) is 0 Å². The summed E-state index contributed by atoms with van der Waals surface area (Å²) >= 11 is 0. The Morgan fingerprint density at radius 1 is 1.53 bits per heavy atom. The van der Waals surface area contributed by atoms with Gasteiger partial charge in [0.05, 0.1) is 5.54 Å². The standard InChI is InChI=1S/C10H13N3O2/c11-10(3-4-10)9(15)13-6-7-1-2-8(14)12-5-7/h1-2,5H,3-4,6,11H2,(H,12,14)(H,13,15). The number of amides is 1. The van der Waals surface area contributed by atoms with Gasteiger partial charge in [-0.05, 0) is 18.4 Å². The summed E-state index contributed by atoms with van der Waals surface area (Å²) in [5, 5.41) is 2.73. The first-order valence-electron chi connectivity index (χ1n) is 4.85. The molecule has 5 nitrogen and oxygen atoms in total. The van der Waals surface area contributed by atoms with E-state index in [1.807, 2.05) is 0 Å². The first-order chi connectivity index (χ1) is 7.10. The van der Waals surface area contributed by atoms with Gasteiger partial charge in [0.25, 0.3) is 0 Å². The fourth-order valence-corrected chi connectivity index (χ4v) is 1.27. The molecule has 1 aromatic heterocycles. The Balaban J connectivity index is 1.90. The Morgan fingerprint density at radius 3 is 2.80 bits per heavy atom. The van der Waals surface area contributed by atoms with Crippen molar-refractivity contribution in [2.75, 3.05) is 0 Å². The number of nitrogens with one attached hydrogen (secondary N) is 2. The Kier molecular flexibility index (Phi) is 2.32. The van der Waals surface area contributed by atoms with Gasteiger partial charge in [-0.25, -0.2) is 0 Å². The van der Waals surface area contributed by atoms with E-state index < -0.39 is 5.54 Å². The Hall–Kier alpha value is -1.62. The summed E-state index contributed by atoms with van der Waals surface area (Å²) < 4.78 is 0. The van der Waals surface area contributed by atoms with Gasteiger partial charge in [0.2, 0.25) is 11.5 Å². The summed E-state index contributed by atoms with van der Waals surface area (Å²) in [7, 11) is 0. The first-order valence-corrected chi connectivity index (χ1v) is 4.85. The van der Waals surface area contributed by atoms with Gasteiger partial charge in [-0.1, -0.05) is 6.07 Å². The van der Waals surface area contributed by atoms with Crippen LogP contribution < -0.4 is 16.6 Å². The molecule has 15 heavy (non-hydrogen) atoms. The van der Waals surface area contributed by atoms with Gasteiger partial charge in [0.15, 0.2) is 0 Å². The summed E-state index contributed by atoms with van der Waals surface area (Å²) in [5.41, 5.74) is 5.78. The van der Waals surface area contributed by atoms with Crippen LogP contribution in [0.15, 0.2) is 23.1 Å². The van der Waals surface area contributed by atoms with E-state index in [4.69, 9.17) is 5.73 Å². The molecule has 0 atom stereocenters. The van der Waals surface area contributed by atoms with E-state index in [1.54, 1.807) is 12.3 Å². The van der Waals surface area contributed by atoms with Crippen LogP contribution in [-0.2, 0) is 11.3 Å². The third-order valence-electron chi connectivity index (χ3n) is 2.54. The molecular weight excluding hydrogens is 194 g/mol. The predicted molar refractivity (Wildman–Crippen MR) is 55.1 cm³/mol. The maximum atomic E-state index is 11.5. The van der Waals surface area contributed by atoms with Crippen LogP contribution >= 0.6 is 0 Å². The normalized spacial score (nSPS) is 17.1. The molecule has 1 heterocycles. The van der Waals surface area contributed by atoms with Gasteiger partial charge in [0.1, 0.15) is 0 Å². The molecule has 1 amide bonds. The lowest BCUT2D eigenvalue weighted by molar-refractivity contribution is -0.123. The monoisotopic (exact) mass is 207 g/mol. The maximum absolute atomic E-state index is 11.5. The number of carbonyl (C=O) groups is 1. The number of aromatic nitrogens is 1. The molecule has 0 spiro atoms. The smallest absolute Gasteiger partial charge is 0.247 e. The number of carbonyl (C=O) groups excluding carboxylic acids is 1. The highest BCUT2D eigenvalue weighted by Crippen LogP contribution is 2.32. The van der Waals surface area contributed by atoms with Gasteiger partial charge in [-0.15, -0.1) is 0 Å². The zero-order valence-electron chi connectivity index (χ0n) is 8.25. The van der Waals surface area contributed by atoms with Crippen molar-refractivity contribution in [3.63, 3.8) is 0 Å². The number of hydrogen-bond donors (Lipinski definition) is 3. The molecule has 0 unspecified atom stereocenters. The van der Waals surface area contributed by atoms with Crippen LogP contribution in [0.5, 0.6) is 0 Å². The van der Waals surface area contributed by atoms with E-state index in [9.17, 15) is 9.59 Å². The molecule has 1 saturated carbocycles. The van der Waals surface area contributed by atoms with E-state index in [0.717, 1.165) is 18.4 Å². The van der Waals surface area contributed by atoms with E-state index in [1.165, 1.54) is 6.07 Å². The average Bonchev–Trinajstić information content (AvgIpc) is 2.97. The average molecular weight is 207 g/mol. The molecule has 1 aliphatic rings. The summed E-state index contributed by atoms with van der Waals surface area (Å²) in [6.07, 6.45) is 3.09. The minimum absolute atomic E-state index is 0.117. The van der Waals surface area contributed by atoms with E-state index in [0.29, 0.717) is 6.54 Å². The largest absolute Gasteiger partial charge is 0.350 e. The minimum atomic E-state index is -0.637. The van der Waals surface area contributed by atoms with Crippen LogP contribution in [-0.4, -0.2) is 16.4 Å². The van der Waals surface area contributed by atoms with Crippen LogP contribution in [0.25, 0.3) is 0 Å². The van der Waals surface area contributed by atoms with E-state index in [2.05, 4.69) is 10.3 Å². The van der Waals surface area contributed by atoms with E-state index in [-0.39, 0.29) is 11.5 Å². The molecule has 5 heteroatoms. The molecule has 0 bridgehead atoms. The van der Waals surface area contributed by atoms with Crippen molar-refractivity contribution in [1.82, 2.24) is 10.3 Å². The van der Waals surface area contributed by atoms with Gasteiger partial charge < -0.3 is 16.0 Å². The third kappa shape index (κ3) is 2.24. The molecule has 80 valence electrons. The maximum Gasteiger partial charge on any atom is 0.247 e. The SMILES string of the molecule is NC1(C(=O)NCc2ccc(=O)[nH]c2)CC1. The number of nitrogens with two attached hydrogens (primary N) is 1. The van der Waals surface area contributed by atoms with Crippen molar-refractivity contribution in [3.05, 3.63) is 34.2 Å². The van der Waals surface area contributed by atoms with Crippen molar-refractivity contribution >= 4 is 5.91 Å². The van der Waals surface area contributed by atoms with Crippen molar-refractivity contribution in [1.29, 1.82) is 0 Å². The van der Waals surface area contributed by atoms with Gasteiger partial charge in [0, 0.05) is 18.8 Å². The zero-order chi connectivity index (χ0) is 10.9. The molecule has 0 radical (unpaired) electrons. The second-order valence-electron chi connectivity index (χ2n) is 3.90. The van der Waals surface area contributed by atoms with Gasteiger partial charge in [-0.3, -0.25) is 9.59 Å². The fraction of sp³-hybridized carbons (Fsp3) is 0.400. The van der Waals surface area contributed by atoms with Crippen molar-refractivity contribution in [2.24, 2.45) is 5.73 Å². The third-order valence-corrected chi connectivity index (χ3v) is 2.54. The predicted octanol–water partition coefficient (Wildman–Crippen LogP) is -0.518. The van der Waals surface area contributed by atoms with E-state index >= 15 is 0 Å². The quantitative estimate of drug-likeness (QED) is 0.623. The number of pyridine rings is 1. The van der Waals surface area contributed by atoms with Crippen molar-refractivity contribution < 1.29 is 4.79 Å². The molecule has 1 aliphatic carbocycles. The van der Waals surface area contributed by atoms with Crippen molar-refractivity contribution in [2.45, 2.75) is 24.9 Å². The van der Waals surface area contributed by atoms with Crippen LogP contribution in [0.1, 0.15) is 18.4 Å². The molecule has 0 aliphatic heterocycles. The van der Waals surface area contributed by atoms with Crippen molar-refractivity contribution in [3.8, 4) is 0 Å². The Morgan fingerprint density at radius 2 is 2.27 bits per heavy atom. The first kappa shape index (κ1) is 9.92. The molecular formula is C10H13N3O2. The van der Waals surface area contributed by atoms with Crippen LogP contribution in [0, 0.1) is 0 Å². The molecule has 4 N–H and O–H groups in total. The molecule has 0 saturated heterocycles. The summed E-state index contributed by atoms with van der Waals surface area (Å²) in [6.45, 7) is 0.397. The Labute approximate surface area is 86.7 Å². The van der Waals surface area contributed by atoms with Crippen LogP contribution in [0.3, 0.4) is 0 Å². The summed E-state index contributed by atoms with van der Waals surface area (Å²) in [5.74, 6) is -0.117. The van der Waals surface area contributed by atoms with Gasteiger partial charge in [-0.2, -0.15) is 0 Å². The highest BCUT2D eigenvalue weighted by Gasteiger charge is 2.45. The lowest BCUT2D eigenvalue weighted by atomic mass is 10.2. The zero-order valence-corrected chi connectivity index (χ0v) is 8.25. The van der Waals surface area contributed by atoms with Crippen LogP contribution in [0.4, 0.5) is 0 Å². The number of aromatic amines is 1. The second-order valence-corrected chi connectivity index (χ2v) is 3.90. The Bertz CT molecular complexity index is 414. The lowest BCUT2D eigenvalue weighted by Gasteiger charge is -2.09. The molecule has 1 fully saturated rings. The summed E-state index contributed by atoms with van der Waals surface area (Å²) in [6, 6.07) is 3.10. The van der Waals surface area contributed by atoms with Gasteiger partial charge >= 0.3 is 0 Å². The molecule has 2 rings (SSSR count). The minimum Gasteiger partial charge on any atom is -0.350 e. The lowest BCUT2D eigenvalue weighted by Crippen LogP contribution is -2.42. The summed E-state index contributed by atoms with van der Waals surface area (Å²) in [4.78, 5) is 24.8. The number of hydrogen-bond acceptors (Lipinski definition) is 3. The number of rotatable bonds is 3. The fourth-order valence-electron chi connectivity index (χ4n) is 1.27.